The molecular weight excluding hydrogens is 328 g/mol. The van der Waals surface area contributed by atoms with Crippen molar-refractivity contribution in [3.05, 3.63) is 59.7 Å². The second kappa shape index (κ2) is 9.25. The lowest BCUT2D eigenvalue weighted by molar-refractivity contribution is 0.0951. The molecule has 3 rings (SSSR count). The summed E-state index contributed by atoms with van der Waals surface area (Å²) in [5.74, 6) is 1.51. The van der Waals surface area contributed by atoms with Crippen LogP contribution in [0.2, 0.25) is 0 Å². The first-order valence-electron chi connectivity index (χ1n) is 9.11. The quantitative estimate of drug-likeness (QED) is 0.791. The molecule has 1 aliphatic heterocycles. The molecule has 1 aliphatic rings. The molecule has 138 valence electrons. The molecule has 0 spiro atoms. The minimum atomic E-state index is -0.0985. The van der Waals surface area contributed by atoms with Gasteiger partial charge >= 0.3 is 0 Å². The summed E-state index contributed by atoms with van der Waals surface area (Å²) >= 11 is 0. The van der Waals surface area contributed by atoms with Crippen LogP contribution in [0.3, 0.4) is 0 Å². The Morgan fingerprint density at radius 3 is 2.31 bits per heavy atom. The molecule has 2 aromatic rings. The molecule has 0 saturated carbocycles. The molecule has 2 aromatic carbocycles. The highest BCUT2D eigenvalue weighted by Gasteiger charge is 2.10. The number of nitrogens with zero attached hydrogens (tertiary/aromatic N) is 1. The second-order valence-corrected chi connectivity index (χ2v) is 6.45. The van der Waals surface area contributed by atoms with Crippen LogP contribution in [-0.2, 0) is 6.54 Å². The number of benzene rings is 2. The van der Waals surface area contributed by atoms with Crippen molar-refractivity contribution in [2.24, 2.45) is 0 Å². The van der Waals surface area contributed by atoms with Gasteiger partial charge in [-0.25, -0.2) is 0 Å². The van der Waals surface area contributed by atoms with Crippen molar-refractivity contribution in [2.45, 2.75) is 19.4 Å². The highest BCUT2D eigenvalue weighted by molar-refractivity contribution is 5.94. The summed E-state index contributed by atoms with van der Waals surface area (Å²) < 4.78 is 10.9. The normalized spacial score (nSPS) is 14.2. The van der Waals surface area contributed by atoms with E-state index in [1.165, 1.54) is 25.9 Å². The van der Waals surface area contributed by atoms with Crippen LogP contribution in [0.1, 0.15) is 28.8 Å². The van der Waals surface area contributed by atoms with Crippen molar-refractivity contribution in [3.63, 3.8) is 0 Å². The number of nitrogens with one attached hydrogen (secondary N) is 1. The third kappa shape index (κ3) is 5.23. The van der Waals surface area contributed by atoms with Crippen molar-refractivity contribution in [3.8, 4) is 11.5 Å². The monoisotopic (exact) mass is 354 g/mol. The summed E-state index contributed by atoms with van der Waals surface area (Å²) in [7, 11) is 1.61. The highest BCUT2D eigenvalue weighted by atomic mass is 16.5. The van der Waals surface area contributed by atoms with Gasteiger partial charge in [0.1, 0.15) is 18.1 Å². The van der Waals surface area contributed by atoms with Crippen LogP contribution in [0.25, 0.3) is 0 Å². The summed E-state index contributed by atoms with van der Waals surface area (Å²) in [4.78, 5) is 14.6. The van der Waals surface area contributed by atoms with E-state index < -0.39 is 0 Å². The third-order valence-electron chi connectivity index (χ3n) is 4.60. The number of ether oxygens (including phenoxy) is 2. The van der Waals surface area contributed by atoms with Gasteiger partial charge in [0.05, 0.1) is 7.11 Å². The van der Waals surface area contributed by atoms with E-state index in [0.717, 1.165) is 23.6 Å². The Bertz CT molecular complexity index is 692. The number of carbonyl (C=O) groups excluding carboxylic acids is 1. The van der Waals surface area contributed by atoms with Crippen LogP contribution in [0.4, 0.5) is 0 Å². The number of carbonyl (C=O) groups is 1. The van der Waals surface area contributed by atoms with Gasteiger partial charge in [-0.1, -0.05) is 12.1 Å². The van der Waals surface area contributed by atoms with Gasteiger partial charge in [0, 0.05) is 18.7 Å². The van der Waals surface area contributed by atoms with Crippen LogP contribution in [0.15, 0.2) is 48.5 Å². The fourth-order valence-electron chi connectivity index (χ4n) is 3.03. The van der Waals surface area contributed by atoms with Crippen molar-refractivity contribution in [1.29, 1.82) is 0 Å². The van der Waals surface area contributed by atoms with Crippen LogP contribution >= 0.6 is 0 Å². The van der Waals surface area contributed by atoms with Crippen LogP contribution < -0.4 is 14.8 Å². The number of amides is 1. The van der Waals surface area contributed by atoms with Crippen molar-refractivity contribution in [1.82, 2.24) is 10.2 Å². The molecule has 0 unspecified atom stereocenters. The van der Waals surface area contributed by atoms with Gasteiger partial charge in [-0.2, -0.15) is 0 Å². The van der Waals surface area contributed by atoms with Crippen molar-refractivity contribution < 1.29 is 14.3 Å². The van der Waals surface area contributed by atoms with Crippen LogP contribution in [0, 0.1) is 0 Å². The largest absolute Gasteiger partial charge is 0.497 e. The molecule has 0 aromatic heterocycles. The SMILES string of the molecule is COc1ccc(C(=O)NCc2ccc(OCCN3CCCC3)cc2)cc1. The Hall–Kier alpha value is -2.53. The Morgan fingerprint density at radius 2 is 1.65 bits per heavy atom. The predicted molar refractivity (Wildman–Crippen MR) is 102 cm³/mol. The minimum absolute atomic E-state index is 0.0985. The lowest BCUT2D eigenvalue weighted by Gasteiger charge is -2.15. The maximum atomic E-state index is 12.2. The highest BCUT2D eigenvalue weighted by Crippen LogP contribution is 2.14. The topological polar surface area (TPSA) is 50.8 Å². The fraction of sp³-hybridized carbons (Fsp3) is 0.381. The molecule has 5 nitrogen and oxygen atoms in total. The number of rotatable bonds is 8. The van der Waals surface area contributed by atoms with Gasteiger partial charge < -0.3 is 14.8 Å². The van der Waals surface area contributed by atoms with Crippen molar-refractivity contribution >= 4 is 5.91 Å². The van der Waals surface area contributed by atoms with Crippen molar-refractivity contribution in [2.75, 3.05) is 33.4 Å². The predicted octanol–water partition coefficient (Wildman–Crippen LogP) is 3.10. The van der Waals surface area contributed by atoms with E-state index in [1.54, 1.807) is 31.4 Å². The Balaban J connectivity index is 1.42. The van der Waals surface area contributed by atoms with E-state index in [0.29, 0.717) is 18.7 Å². The number of hydrogen-bond donors (Lipinski definition) is 1. The molecule has 26 heavy (non-hydrogen) atoms. The lowest BCUT2D eigenvalue weighted by Crippen LogP contribution is -2.25. The summed E-state index contributed by atoms with van der Waals surface area (Å²) in [6.45, 7) is 4.57. The van der Waals surface area contributed by atoms with E-state index >= 15 is 0 Å². The maximum Gasteiger partial charge on any atom is 0.251 e. The molecule has 1 heterocycles. The summed E-state index contributed by atoms with van der Waals surface area (Å²) in [5.41, 5.74) is 1.66. The molecule has 1 N–H and O–H groups in total. The summed E-state index contributed by atoms with van der Waals surface area (Å²) in [6.07, 6.45) is 2.61. The molecule has 1 amide bonds. The number of hydrogen-bond acceptors (Lipinski definition) is 4. The van der Waals surface area contributed by atoms with Gasteiger partial charge in [0.2, 0.25) is 0 Å². The van der Waals surface area contributed by atoms with Gasteiger partial charge in [-0.3, -0.25) is 9.69 Å². The zero-order valence-corrected chi connectivity index (χ0v) is 15.2. The van der Waals surface area contributed by atoms with Crippen LogP contribution in [0.5, 0.6) is 11.5 Å². The summed E-state index contributed by atoms with van der Waals surface area (Å²) in [5, 5.41) is 2.93. The smallest absolute Gasteiger partial charge is 0.251 e. The van der Waals surface area contributed by atoms with Gasteiger partial charge in [0.25, 0.3) is 5.91 Å². The first kappa shape index (κ1) is 18.3. The van der Waals surface area contributed by atoms with Crippen LogP contribution in [-0.4, -0.2) is 44.2 Å². The molecule has 0 bridgehead atoms. The molecule has 5 heteroatoms. The van der Waals surface area contributed by atoms with E-state index in [-0.39, 0.29) is 5.91 Å². The zero-order chi connectivity index (χ0) is 18.2. The zero-order valence-electron chi connectivity index (χ0n) is 15.2. The molecule has 1 fully saturated rings. The van der Waals surface area contributed by atoms with E-state index in [1.807, 2.05) is 24.3 Å². The van der Waals surface area contributed by atoms with E-state index in [2.05, 4.69) is 10.2 Å². The van der Waals surface area contributed by atoms with E-state index in [9.17, 15) is 4.79 Å². The molecular formula is C21H26N2O3. The fourth-order valence-corrected chi connectivity index (χ4v) is 3.03. The first-order valence-corrected chi connectivity index (χ1v) is 9.11. The molecule has 0 atom stereocenters. The average molecular weight is 354 g/mol. The lowest BCUT2D eigenvalue weighted by atomic mass is 10.2. The van der Waals surface area contributed by atoms with E-state index in [4.69, 9.17) is 9.47 Å². The van der Waals surface area contributed by atoms with Gasteiger partial charge in [-0.05, 0) is 67.9 Å². The Kier molecular flexibility index (Phi) is 6.50. The summed E-state index contributed by atoms with van der Waals surface area (Å²) in [6, 6.07) is 15.0. The first-order chi connectivity index (χ1) is 12.7. The Labute approximate surface area is 154 Å². The number of likely N-dealkylation sites (tertiary alicyclic amines) is 1. The minimum Gasteiger partial charge on any atom is -0.497 e. The van der Waals surface area contributed by atoms with Gasteiger partial charge in [0.15, 0.2) is 0 Å². The maximum absolute atomic E-state index is 12.2. The average Bonchev–Trinajstić information content (AvgIpc) is 3.21. The third-order valence-corrected chi connectivity index (χ3v) is 4.60. The Morgan fingerprint density at radius 1 is 1.00 bits per heavy atom. The number of methoxy groups -OCH3 is 1. The molecule has 0 aliphatic carbocycles. The second-order valence-electron chi connectivity index (χ2n) is 6.45. The van der Waals surface area contributed by atoms with Gasteiger partial charge in [-0.15, -0.1) is 0 Å². The standard InChI is InChI=1S/C21H26N2O3/c1-25-19-10-6-18(7-11-19)21(24)22-16-17-4-8-20(9-5-17)26-15-14-23-12-2-3-13-23/h4-11H,2-3,12-16H2,1H3,(H,22,24). The molecule has 1 saturated heterocycles. The molecule has 0 radical (unpaired) electrons.